The normalized spacial score (nSPS) is 16.1. The maximum atomic E-state index is 11.2. The summed E-state index contributed by atoms with van der Waals surface area (Å²) >= 11 is 0. The van der Waals surface area contributed by atoms with E-state index in [1.165, 1.54) is 6.08 Å². The molecular formula is C13H12N2O3. The number of hydrogen-bond acceptors (Lipinski definition) is 2. The largest absolute Gasteiger partial charge is 0.478 e. The minimum absolute atomic E-state index is 0.252. The summed E-state index contributed by atoms with van der Waals surface area (Å²) in [5, 5.41) is 8.90. The number of carbonyl (C=O) groups is 1. The summed E-state index contributed by atoms with van der Waals surface area (Å²) in [7, 11) is 0. The fourth-order valence-corrected chi connectivity index (χ4v) is 2.18. The van der Waals surface area contributed by atoms with Gasteiger partial charge in [-0.3, -0.25) is 0 Å². The van der Waals surface area contributed by atoms with Crippen LogP contribution in [-0.4, -0.2) is 21.0 Å². The molecule has 18 heavy (non-hydrogen) atoms. The van der Waals surface area contributed by atoms with Crippen molar-refractivity contribution in [2.45, 2.75) is 12.8 Å². The zero-order valence-electron chi connectivity index (χ0n) is 9.56. The molecule has 1 saturated carbocycles. The number of fused-ring (bicyclic) bond motifs is 1. The molecule has 0 bridgehead atoms. The van der Waals surface area contributed by atoms with Crippen molar-refractivity contribution in [3.05, 3.63) is 40.3 Å². The van der Waals surface area contributed by atoms with Gasteiger partial charge in [0.1, 0.15) is 0 Å². The Morgan fingerprint density at radius 1 is 1.28 bits per heavy atom. The molecule has 0 spiro atoms. The second-order valence-electron chi connectivity index (χ2n) is 4.55. The minimum atomic E-state index is -0.931. The zero-order chi connectivity index (χ0) is 12.7. The van der Waals surface area contributed by atoms with Crippen LogP contribution in [0.1, 0.15) is 18.4 Å². The van der Waals surface area contributed by atoms with Crippen molar-refractivity contribution in [3.8, 4) is 0 Å². The summed E-state index contributed by atoms with van der Waals surface area (Å²) < 4.78 is 0. The van der Waals surface area contributed by atoms with Crippen LogP contribution in [0.15, 0.2) is 29.1 Å². The third-order valence-corrected chi connectivity index (χ3v) is 3.15. The van der Waals surface area contributed by atoms with Crippen LogP contribution in [0.4, 0.5) is 0 Å². The molecule has 0 radical (unpaired) electrons. The first-order valence-corrected chi connectivity index (χ1v) is 5.80. The summed E-state index contributed by atoms with van der Waals surface area (Å²) in [5.74, 6) is -0.594. The fourth-order valence-electron chi connectivity index (χ4n) is 2.18. The molecule has 2 aromatic rings. The molecule has 0 aliphatic heterocycles. The number of hydrogen-bond donors (Lipinski definition) is 3. The molecular weight excluding hydrogens is 232 g/mol. The molecule has 5 heteroatoms. The maximum absolute atomic E-state index is 11.2. The Morgan fingerprint density at radius 3 is 2.67 bits per heavy atom. The van der Waals surface area contributed by atoms with Crippen LogP contribution in [0, 0.1) is 5.92 Å². The van der Waals surface area contributed by atoms with Gasteiger partial charge in [-0.25, -0.2) is 9.59 Å². The van der Waals surface area contributed by atoms with Crippen LogP contribution in [0.25, 0.3) is 16.6 Å². The molecule has 0 unspecified atom stereocenters. The lowest BCUT2D eigenvalue weighted by atomic mass is 10.0. The topological polar surface area (TPSA) is 85.9 Å². The number of aromatic amines is 2. The summed E-state index contributed by atoms with van der Waals surface area (Å²) in [4.78, 5) is 27.4. The van der Waals surface area contributed by atoms with E-state index in [9.17, 15) is 9.59 Å². The highest BCUT2D eigenvalue weighted by atomic mass is 16.4. The average Bonchev–Trinajstić information content (AvgIpc) is 3.06. The van der Waals surface area contributed by atoms with E-state index in [1.54, 1.807) is 6.07 Å². The third kappa shape index (κ3) is 1.95. The number of benzene rings is 1. The molecule has 0 saturated heterocycles. The van der Waals surface area contributed by atoms with Crippen LogP contribution in [0.2, 0.25) is 0 Å². The van der Waals surface area contributed by atoms with Crippen LogP contribution in [0.5, 0.6) is 0 Å². The number of aliphatic carboxylic acids is 1. The molecule has 0 atom stereocenters. The van der Waals surface area contributed by atoms with Gasteiger partial charge in [-0.15, -0.1) is 0 Å². The first-order valence-electron chi connectivity index (χ1n) is 5.80. The minimum Gasteiger partial charge on any atom is -0.478 e. The number of H-pyrrole nitrogens is 2. The SMILES string of the molecule is O=C(O)/C=C(/c1ccc2[nH]c(=O)[nH]c2c1)C1CC1. The van der Waals surface area contributed by atoms with Crippen molar-refractivity contribution in [2.24, 2.45) is 5.92 Å². The van der Waals surface area contributed by atoms with E-state index in [1.807, 2.05) is 12.1 Å². The van der Waals surface area contributed by atoms with Crippen LogP contribution >= 0.6 is 0 Å². The molecule has 3 N–H and O–H groups in total. The second kappa shape index (κ2) is 3.87. The van der Waals surface area contributed by atoms with Gasteiger partial charge in [0.05, 0.1) is 11.0 Å². The van der Waals surface area contributed by atoms with Gasteiger partial charge in [-0.05, 0) is 42.0 Å². The van der Waals surface area contributed by atoms with Gasteiger partial charge in [-0.2, -0.15) is 0 Å². The number of nitrogens with one attached hydrogen (secondary N) is 2. The number of rotatable bonds is 3. The second-order valence-corrected chi connectivity index (χ2v) is 4.55. The molecule has 1 heterocycles. The van der Waals surface area contributed by atoms with E-state index >= 15 is 0 Å². The Morgan fingerprint density at radius 2 is 2.00 bits per heavy atom. The molecule has 1 fully saturated rings. The van der Waals surface area contributed by atoms with Crippen LogP contribution < -0.4 is 5.69 Å². The van der Waals surface area contributed by atoms with Crippen molar-refractivity contribution in [3.63, 3.8) is 0 Å². The van der Waals surface area contributed by atoms with Gasteiger partial charge in [-0.1, -0.05) is 6.07 Å². The summed E-state index contributed by atoms with van der Waals surface area (Å²) in [6, 6.07) is 5.46. The van der Waals surface area contributed by atoms with Crippen molar-refractivity contribution < 1.29 is 9.90 Å². The predicted octanol–water partition coefficient (Wildman–Crippen LogP) is 1.73. The van der Waals surface area contributed by atoms with Gasteiger partial charge in [0, 0.05) is 6.08 Å². The van der Waals surface area contributed by atoms with E-state index < -0.39 is 5.97 Å². The summed E-state index contributed by atoms with van der Waals surface area (Å²) in [6.07, 6.45) is 3.32. The van der Waals surface area contributed by atoms with E-state index in [0.29, 0.717) is 11.4 Å². The molecule has 1 aromatic heterocycles. The quantitative estimate of drug-likeness (QED) is 0.719. The van der Waals surface area contributed by atoms with Crippen LogP contribution in [-0.2, 0) is 4.79 Å². The number of imidazole rings is 1. The van der Waals surface area contributed by atoms with Crippen LogP contribution in [0.3, 0.4) is 0 Å². The summed E-state index contributed by atoms with van der Waals surface area (Å²) in [6.45, 7) is 0. The lowest BCUT2D eigenvalue weighted by Gasteiger charge is -2.05. The number of aromatic nitrogens is 2. The van der Waals surface area contributed by atoms with Gasteiger partial charge < -0.3 is 15.1 Å². The predicted molar refractivity (Wildman–Crippen MR) is 67.3 cm³/mol. The lowest BCUT2D eigenvalue weighted by molar-refractivity contribution is -0.131. The molecule has 1 aliphatic carbocycles. The number of carboxylic acids is 1. The molecule has 5 nitrogen and oxygen atoms in total. The number of carboxylic acid groups (broad SMARTS) is 1. The Kier molecular flexibility index (Phi) is 2.33. The first kappa shape index (κ1) is 10.8. The Bertz CT molecular complexity index is 704. The van der Waals surface area contributed by atoms with Gasteiger partial charge in [0.2, 0.25) is 0 Å². The van der Waals surface area contributed by atoms with Gasteiger partial charge in [0.25, 0.3) is 0 Å². The Hall–Kier alpha value is -2.30. The van der Waals surface area contributed by atoms with E-state index in [-0.39, 0.29) is 5.69 Å². The average molecular weight is 244 g/mol. The molecule has 1 aromatic carbocycles. The summed E-state index contributed by atoms with van der Waals surface area (Å²) in [5.41, 5.74) is 2.88. The fraction of sp³-hybridized carbons (Fsp3) is 0.231. The monoisotopic (exact) mass is 244 g/mol. The highest BCUT2D eigenvalue weighted by Gasteiger charge is 2.27. The van der Waals surface area contributed by atoms with E-state index in [4.69, 9.17) is 5.11 Å². The standard InChI is InChI=1S/C13H12N2O3/c16-12(17)6-9(7-1-2-7)8-3-4-10-11(5-8)15-13(18)14-10/h3-7H,1-2H2,(H,16,17)(H2,14,15,18)/b9-6+. The molecule has 1 aliphatic rings. The van der Waals surface area contributed by atoms with E-state index in [2.05, 4.69) is 9.97 Å². The van der Waals surface area contributed by atoms with Gasteiger partial charge in [0.15, 0.2) is 0 Å². The van der Waals surface area contributed by atoms with Crippen molar-refractivity contribution in [1.82, 2.24) is 9.97 Å². The molecule has 92 valence electrons. The molecule has 3 rings (SSSR count). The number of allylic oxidation sites excluding steroid dienone is 1. The van der Waals surface area contributed by atoms with Crippen molar-refractivity contribution >= 4 is 22.6 Å². The first-order chi connectivity index (χ1) is 8.63. The third-order valence-electron chi connectivity index (χ3n) is 3.15. The lowest BCUT2D eigenvalue weighted by Crippen LogP contribution is -1.99. The molecule has 0 amide bonds. The maximum Gasteiger partial charge on any atom is 0.328 e. The highest BCUT2D eigenvalue weighted by molar-refractivity contribution is 5.92. The van der Waals surface area contributed by atoms with E-state index in [0.717, 1.165) is 29.5 Å². The smallest absolute Gasteiger partial charge is 0.328 e. The zero-order valence-corrected chi connectivity index (χ0v) is 9.56. The Balaban J connectivity index is 2.11. The van der Waals surface area contributed by atoms with Crippen molar-refractivity contribution in [2.75, 3.05) is 0 Å². The van der Waals surface area contributed by atoms with Crippen molar-refractivity contribution in [1.29, 1.82) is 0 Å². The highest BCUT2D eigenvalue weighted by Crippen LogP contribution is 2.42. The Labute approximate surface area is 102 Å². The van der Waals surface area contributed by atoms with Gasteiger partial charge >= 0.3 is 11.7 Å².